The van der Waals surface area contributed by atoms with Gasteiger partial charge in [0.15, 0.2) is 0 Å². The molecule has 2 atom stereocenters. The summed E-state index contributed by atoms with van der Waals surface area (Å²) in [5.74, 6) is 0.754. The number of hydrogen-bond acceptors (Lipinski definition) is 2. The summed E-state index contributed by atoms with van der Waals surface area (Å²) >= 11 is 0. The maximum absolute atomic E-state index is 12.2. The van der Waals surface area contributed by atoms with Gasteiger partial charge in [-0.15, -0.1) is 0 Å². The predicted molar refractivity (Wildman–Crippen MR) is 73.1 cm³/mol. The maximum atomic E-state index is 12.2. The van der Waals surface area contributed by atoms with Crippen LogP contribution in [0, 0.1) is 19.8 Å². The van der Waals surface area contributed by atoms with Crippen LogP contribution in [0.4, 0.5) is 0 Å². The van der Waals surface area contributed by atoms with Crippen LogP contribution in [0.3, 0.4) is 0 Å². The van der Waals surface area contributed by atoms with E-state index in [4.69, 9.17) is 0 Å². The van der Waals surface area contributed by atoms with E-state index < -0.39 is 0 Å². The largest absolute Gasteiger partial charge is 0.306 e. The first kappa shape index (κ1) is 13.1. The van der Waals surface area contributed by atoms with Crippen molar-refractivity contribution >= 4 is 5.91 Å². The first-order valence-electron chi connectivity index (χ1n) is 6.81. The molecule has 4 nitrogen and oxygen atoms in total. The van der Waals surface area contributed by atoms with Gasteiger partial charge in [-0.1, -0.05) is 13.3 Å². The highest BCUT2D eigenvalue weighted by Gasteiger charge is 2.26. The average molecular weight is 249 g/mol. The second-order valence-electron chi connectivity index (χ2n) is 5.23. The Morgan fingerprint density at radius 3 is 2.72 bits per heavy atom. The van der Waals surface area contributed by atoms with Crippen molar-refractivity contribution in [3.8, 4) is 0 Å². The van der Waals surface area contributed by atoms with Crippen LogP contribution in [0.25, 0.3) is 0 Å². The van der Waals surface area contributed by atoms with Crippen molar-refractivity contribution in [2.45, 2.75) is 46.1 Å². The lowest BCUT2D eigenvalue weighted by molar-refractivity contribution is -0.120. The van der Waals surface area contributed by atoms with Crippen LogP contribution in [0.1, 0.15) is 37.6 Å². The Bertz CT molecular complexity index is 405. The van der Waals surface area contributed by atoms with Gasteiger partial charge in [-0.25, -0.2) is 0 Å². The van der Waals surface area contributed by atoms with Crippen molar-refractivity contribution < 1.29 is 4.79 Å². The predicted octanol–water partition coefficient (Wildman–Crippen LogP) is 1.95. The Labute approximate surface area is 109 Å². The molecule has 0 aromatic carbocycles. The standard InChI is InChI=1S/C14H23N3O/c1-4-12-7-8-15-13(9-12)14(18)16-17-10(2)5-6-11(17)3/h5-6,12-13,15H,4,7-9H2,1-3H3,(H,16,18). The summed E-state index contributed by atoms with van der Waals surface area (Å²) in [7, 11) is 0. The number of nitrogens with one attached hydrogen (secondary N) is 2. The molecule has 2 N–H and O–H groups in total. The van der Waals surface area contributed by atoms with Crippen molar-refractivity contribution in [2.75, 3.05) is 12.0 Å². The van der Waals surface area contributed by atoms with Gasteiger partial charge >= 0.3 is 0 Å². The van der Waals surface area contributed by atoms with E-state index in [0.29, 0.717) is 5.92 Å². The molecule has 0 spiro atoms. The topological polar surface area (TPSA) is 46.1 Å². The average Bonchev–Trinajstić information content (AvgIpc) is 2.70. The Morgan fingerprint density at radius 1 is 1.44 bits per heavy atom. The van der Waals surface area contributed by atoms with Gasteiger partial charge in [0.25, 0.3) is 5.91 Å². The highest BCUT2D eigenvalue weighted by atomic mass is 16.2. The molecular weight excluding hydrogens is 226 g/mol. The number of aryl methyl sites for hydroxylation is 2. The first-order valence-corrected chi connectivity index (χ1v) is 6.81. The second kappa shape index (κ2) is 5.57. The number of carbonyl (C=O) groups excluding carboxylic acids is 1. The van der Waals surface area contributed by atoms with Gasteiger partial charge in [0, 0.05) is 11.4 Å². The highest BCUT2D eigenvalue weighted by molar-refractivity contribution is 5.89. The monoisotopic (exact) mass is 249 g/mol. The molecule has 100 valence electrons. The Kier molecular flexibility index (Phi) is 4.07. The van der Waals surface area contributed by atoms with Crippen LogP contribution in [0.15, 0.2) is 12.1 Å². The zero-order chi connectivity index (χ0) is 13.1. The molecule has 0 saturated carbocycles. The number of amides is 1. The molecule has 0 radical (unpaired) electrons. The van der Waals surface area contributed by atoms with E-state index in [1.54, 1.807) is 0 Å². The van der Waals surface area contributed by atoms with Crippen LogP contribution in [-0.2, 0) is 4.79 Å². The molecule has 1 fully saturated rings. The fraction of sp³-hybridized carbons (Fsp3) is 0.643. The molecule has 2 rings (SSSR count). The first-order chi connectivity index (χ1) is 8.61. The molecule has 2 unspecified atom stereocenters. The van der Waals surface area contributed by atoms with E-state index in [2.05, 4.69) is 17.7 Å². The van der Waals surface area contributed by atoms with Gasteiger partial charge in [-0.2, -0.15) is 0 Å². The minimum Gasteiger partial charge on any atom is -0.306 e. The van der Waals surface area contributed by atoms with Crippen molar-refractivity contribution in [1.82, 2.24) is 9.99 Å². The summed E-state index contributed by atoms with van der Waals surface area (Å²) in [5.41, 5.74) is 5.11. The fourth-order valence-corrected chi connectivity index (χ4v) is 2.60. The zero-order valence-electron chi connectivity index (χ0n) is 11.5. The summed E-state index contributed by atoms with van der Waals surface area (Å²) < 4.78 is 1.86. The molecular formula is C14H23N3O. The summed E-state index contributed by atoms with van der Waals surface area (Å²) in [4.78, 5) is 12.2. The third-order valence-corrected chi connectivity index (χ3v) is 3.90. The molecule has 0 aliphatic carbocycles. The minimum atomic E-state index is -0.0510. The summed E-state index contributed by atoms with van der Waals surface area (Å²) in [6.07, 6.45) is 3.29. The zero-order valence-corrected chi connectivity index (χ0v) is 11.5. The van der Waals surface area contributed by atoms with Crippen LogP contribution >= 0.6 is 0 Å². The summed E-state index contributed by atoms with van der Waals surface area (Å²) in [6.45, 7) is 7.14. The SMILES string of the molecule is CCC1CCNC(C(=O)Nn2c(C)ccc2C)C1. The second-order valence-corrected chi connectivity index (χ2v) is 5.23. The minimum absolute atomic E-state index is 0.0510. The summed E-state index contributed by atoms with van der Waals surface area (Å²) in [6, 6.07) is 3.97. The van der Waals surface area contributed by atoms with Gasteiger partial charge in [-0.05, 0) is 51.3 Å². The lowest BCUT2D eigenvalue weighted by Crippen LogP contribution is -2.48. The smallest absolute Gasteiger partial charge is 0.255 e. The maximum Gasteiger partial charge on any atom is 0.255 e. The molecule has 1 aromatic heterocycles. The van der Waals surface area contributed by atoms with Gasteiger partial charge in [0.1, 0.15) is 0 Å². The van der Waals surface area contributed by atoms with Crippen LogP contribution in [-0.4, -0.2) is 23.2 Å². The van der Waals surface area contributed by atoms with E-state index >= 15 is 0 Å². The van der Waals surface area contributed by atoms with Crippen LogP contribution < -0.4 is 10.7 Å². The van der Waals surface area contributed by atoms with E-state index in [1.807, 2.05) is 30.7 Å². The van der Waals surface area contributed by atoms with E-state index in [1.165, 1.54) is 6.42 Å². The van der Waals surface area contributed by atoms with Crippen molar-refractivity contribution in [3.63, 3.8) is 0 Å². The van der Waals surface area contributed by atoms with Gasteiger partial charge < -0.3 is 5.32 Å². The lowest BCUT2D eigenvalue weighted by Gasteiger charge is -2.29. The van der Waals surface area contributed by atoms with E-state index in [9.17, 15) is 4.79 Å². The van der Waals surface area contributed by atoms with Crippen molar-refractivity contribution in [3.05, 3.63) is 23.5 Å². The van der Waals surface area contributed by atoms with Gasteiger partial charge in [0.2, 0.25) is 0 Å². The molecule has 18 heavy (non-hydrogen) atoms. The molecule has 0 bridgehead atoms. The highest BCUT2D eigenvalue weighted by Crippen LogP contribution is 2.19. The number of hydrogen-bond donors (Lipinski definition) is 2. The number of nitrogens with zero attached hydrogens (tertiary/aromatic N) is 1. The number of rotatable bonds is 3. The molecule has 1 aliphatic heterocycles. The quantitative estimate of drug-likeness (QED) is 0.860. The third-order valence-electron chi connectivity index (χ3n) is 3.90. The number of aromatic nitrogens is 1. The molecule has 1 amide bonds. The molecule has 4 heteroatoms. The number of carbonyl (C=O) groups is 1. The van der Waals surface area contributed by atoms with E-state index in [-0.39, 0.29) is 11.9 Å². The summed E-state index contributed by atoms with van der Waals surface area (Å²) in [5, 5.41) is 3.31. The normalized spacial score (nSPS) is 23.9. The van der Waals surface area contributed by atoms with Crippen LogP contribution in [0.2, 0.25) is 0 Å². The van der Waals surface area contributed by atoms with Gasteiger partial charge in [0.05, 0.1) is 6.04 Å². The van der Waals surface area contributed by atoms with E-state index in [0.717, 1.165) is 30.8 Å². The van der Waals surface area contributed by atoms with Crippen molar-refractivity contribution in [2.24, 2.45) is 5.92 Å². The molecule has 1 saturated heterocycles. The molecule has 1 aliphatic rings. The molecule has 2 heterocycles. The van der Waals surface area contributed by atoms with Gasteiger partial charge in [-0.3, -0.25) is 14.9 Å². The Morgan fingerprint density at radius 2 is 2.11 bits per heavy atom. The third kappa shape index (κ3) is 2.75. The fourth-order valence-electron chi connectivity index (χ4n) is 2.60. The lowest BCUT2D eigenvalue weighted by atomic mass is 9.90. The van der Waals surface area contributed by atoms with Crippen molar-refractivity contribution in [1.29, 1.82) is 0 Å². The van der Waals surface area contributed by atoms with Crippen LogP contribution in [0.5, 0.6) is 0 Å². The number of piperidine rings is 1. The Hall–Kier alpha value is -1.29. The molecule has 1 aromatic rings. The Balaban J connectivity index is 1.99.